The van der Waals surface area contributed by atoms with Crippen LogP contribution in [-0.2, 0) is 0 Å². The minimum absolute atomic E-state index is 0.0783. The van der Waals surface area contributed by atoms with Crippen molar-refractivity contribution in [3.8, 4) is 11.5 Å². The number of ether oxygens (including phenoxy) is 2. The van der Waals surface area contributed by atoms with Gasteiger partial charge in [0.2, 0.25) is 6.79 Å². The van der Waals surface area contributed by atoms with E-state index in [2.05, 4.69) is 10.6 Å². The fourth-order valence-electron chi connectivity index (χ4n) is 1.60. The van der Waals surface area contributed by atoms with Gasteiger partial charge in [0.05, 0.1) is 12.6 Å². The first-order valence-electron chi connectivity index (χ1n) is 5.81. The van der Waals surface area contributed by atoms with Gasteiger partial charge in [-0.05, 0) is 18.6 Å². The average molecular weight is 252 g/mol. The van der Waals surface area contributed by atoms with Gasteiger partial charge in [-0.15, -0.1) is 0 Å². The summed E-state index contributed by atoms with van der Waals surface area (Å²) in [4.78, 5) is 11.6. The standard InChI is InChI=1S/C12H16N2O4/c1-2-8(6-15)13-12(16)14-9-3-4-10-11(5-9)18-7-17-10/h3-5,8,15H,2,6-7H2,1H3,(H2,13,14,16). The van der Waals surface area contributed by atoms with Gasteiger partial charge in [0.1, 0.15) is 0 Å². The van der Waals surface area contributed by atoms with Crippen LogP contribution in [0.2, 0.25) is 0 Å². The molecule has 0 saturated carbocycles. The van der Waals surface area contributed by atoms with E-state index in [1.165, 1.54) is 0 Å². The Labute approximate surface area is 105 Å². The summed E-state index contributed by atoms with van der Waals surface area (Å²) < 4.78 is 10.4. The lowest BCUT2D eigenvalue weighted by atomic mass is 10.2. The van der Waals surface area contributed by atoms with Gasteiger partial charge in [-0.3, -0.25) is 0 Å². The summed E-state index contributed by atoms with van der Waals surface area (Å²) in [6.07, 6.45) is 0.672. The van der Waals surface area contributed by atoms with Crippen molar-refractivity contribution in [2.24, 2.45) is 0 Å². The molecule has 0 aromatic heterocycles. The van der Waals surface area contributed by atoms with Crippen LogP contribution in [-0.4, -0.2) is 30.6 Å². The van der Waals surface area contributed by atoms with Crippen LogP contribution in [0.3, 0.4) is 0 Å². The number of urea groups is 1. The lowest BCUT2D eigenvalue weighted by Crippen LogP contribution is -2.39. The van der Waals surface area contributed by atoms with Crippen LogP contribution in [0.1, 0.15) is 13.3 Å². The number of anilines is 1. The van der Waals surface area contributed by atoms with E-state index in [0.29, 0.717) is 23.6 Å². The van der Waals surface area contributed by atoms with Gasteiger partial charge >= 0.3 is 6.03 Å². The first-order valence-corrected chi connectivity index (χ1v) is 5.81. The number of rotatable bonds is 4. The fourth-order valence-corrected chi connectivity index (χ4v) is 1.60. The highest BCUT2D eigenvalue weighted by Crippen LogP contribution is 2.34. The molecular weight excluding hydrogens is 236 g/mol. The highest BCUT2D eigenvalue weighted by molar-refractivity contribution is 5.89. The van der Waals surface area contributed by atoms with Crippen LogP contribution in [0.4, 0.5) is 10.5 Å². The predicted octanol–water partition coefficient (Wildman–Crippen LogP) is 1.31. The van der Waals surface area contributed by atoms with Crippen LogP contribution < -0.4 is 20.1 Å². The number of carbonyl (C=O) groups excluding carboxylic acids is 1. The number of nitrogens with one attached hydrogen (secondary N) is 2. The largest absolute Gasteiger partial charge is 0.454 e. The van der Waals surface area contributed by atoms with E-state index >= 15 is 0 Å². The molecule has 1 aromatic carbocycles. The van der Waals surface area contributed by atoms with Gasteiger partial charge in [-0.25, -0.2) is 4.79 Å². The molecule has 0 saturated heterocycles. The number of carbonyl (C=O) groups is 1. The number of hydrogen-bond acceptors (Lipinski definition) is 4. The van der Waals surface area contributed by atoms with Crippen LogP contribution >= 0.6 is 0 Å². The van der Waals surface area contributed by atoms with E-state index in [4.69, 9.17) is 14.6 Å². The summed E-state index contributed by atoms with van der Waals surface area (Å²) in [6, 6.07) is 4.57. The number of hydrogen-bond donors (Lipinski definition) is 3. The summed E-state index contributed by atoms with van der Waals surface area (Å²) in [5.41, 5.74) is 0.615. The second kappa shape index (κ2) is 5.59. The first kappa shape index (κ1) is 12.5. The van der Waals surface area contributed by atoms with Crippen molar-refractivity contribution in [2.75, 3.05) is 18.7 Å². The molecule has 0 fully saturated rings. The molecular formula is C12H16N2O4. The molecule has 6 heteroatoms. The zero-order valence-electron chi connectivity index (χ0n) is 10.1. The molecule has 98 valence electrons. The molecule has 18 heavy (non-hydrogen) atoms. The Morgan fingerprint density at radius 2 is 2.22 bits per heavy atom. The Kier molecular flexibility index (Phi) is 3.88. The third-order valence-corrected chi connectivity index (χ3v) is 2.68. The molecule has 0 bridgehead atoms. The van der Waals surface area contributed by atoms with Gasteiger partial charge in [0, 0.05) is 11.8 Å². The monoisotopic (exact) mass is 252 g/mol. The molecule has 2 amide bonds. The van der Waals surface area contributed by atoms with Crippen molar-refractivity contribution in [1.82, 2.24) is 5.32 Å². The molecule has 1 aliphatic heterocycles. The Balaban J connectivity index is 1.95. The van der Waals surface area contributed by atoms with E-state index < -0.39 is 0 Å². The van der Waals surface area contributed by atoms with Gasteiger partial charge in [0.25, 0.3) is 0 Å². The summed E-state index contributed by atoms with van der Waals surface area (Å²) in [5, 5.41) is 14.3. The zero-order valence-corrected chi connectivity index (χ0v) is 10.1. The Bertz CT molecular complexity index is 432. The number of aliphatic hydroxyl groups excluding tert-OH is 1. The minimum Gasteiger partial charge on any atom is -0.454 e. The summed E-state index contributed by atoms with van der Waals surface area (Å²) >= 11 is 0. The molecule has 1 unspecified atom stereocenters. The number of fused-ring (bicyclic) bond motifs is 1. The van der Waals surface area contributed by atoms with E-state index in [1.807, 2.05) is 6.92 Å². The zero-order chi connectivity index (χ0) is 13.0. The van der Waals surface area contributed by atoms with Crippen molar-refractivity contribution >= 4 is 11.7 Å². The lowest BCUT2D eigenvalue weighted by molar-refractivity contribution is 0.174. The first-order chi connectivity index (χ1) is 8.72. The molecule has 1 atom stereocenters. The van der Waals surface area contributed by atoms with E-state index in [-0.39, 0.29) is 25.5 Å². The van der Waals surface area contributed by atoms with Crippen molar-refractivity contribution < 1.29 is 19.4 Å². The Morgan fingerprint density at radius 1 is 1.44 bits per heavy atom. The number of amides is 2. The molecule has 1 aliphatic rings. The predicted molar refractivity (Wildman–Crippen MR) is 65.9 cm³/mol. The highest BCUT2D eigenvalue weighted by atomic mass is 16.7. The topological polar surface area (TPSA) is 79.8 Å². The molecule has 6 nitrogen and oxygen atoms in total. The second-order valence-electron chi connectivity index (χ2n) is 3.95. The summed E-state index contributed by atoms with van der Waals surface area (Å²) in [7, 11) is 0. The van der Waals surface area contributed by atoms with Crippen LogP contribution in [0.5, 0.6) is 11.5 Å². The van der Waals surface area contributed by atoms with E-state index in [9.17, 15) is 4.79 Å². The van der Waals surface area contributed by atoms with Crippen molar-refractivity contribution in [1.29, 1.82) is 0 Å². The van der Waals surface area contributed by atoms with Crippen LogP contribution in [0.25, 0.3) is 0 Å². The third kappa shape index (κ3) is 2.84. The maximum Gasteiger partial charge on any atom is 0.319 e. The fraction of sp³-hybridized carbons (Fsp3) is 0.417. The third-order valence-electron chi connectivity index (χ3n) is 2.68. The quantitative estimate of drug-likeness (QED) is 0.754. The average Bonchev–Trinajstić information content (AvgIpc) is 2.83. The summed E-state index contributed by atoms with van der Waals surface area (Å²) in [6.45, 7) is 2.01. The number of benzene rings is 1. The van der Waals surface area contributed by atoms with Gasteiger partial charge < -0.3 is 25.2 Å². The minimum atomic E-state index is -0.352. The number of aliphatic hydroxyl groups is 1. The maximum absolute atomic E-state index is 11.6. The van der Waals surface area contributed by atoms with Crippen LogP contribution in [0, 0.1) is 0 Å². The molecule has 0 radical (unpaired) electrons. The molecule has 1 heterocycles. The second-order valence-corrected chi connectivity index (χ2v) is 3.95. The molecule has 1 aromatic rings. The normalized spacial score (nSPS) is 14.1. The molecule has 0 spiro atoms. The lowest BCUT2D eigenvalue weighted by Gasteiger charge is -2.14. The van der Waals surface area contributed by atoms with Crippen LogP contribution in [0.15, 0.2) is 18.2 Å². The van der Waals surface area contributed by atoms with Gasteiger partial charge in [-0.2, -0.15) is 0 Å². The SMILES string of the molecule is CCC(CO)NC(=O)Nc1ccc2c(c1)OCO2. The molecule has 2 rings (SSSR count). The van der Waals surface area contributed by atoms with Gasteiger partial charge in [0.15, 0.2) is 11.5 Å². The van der Waals surface area contributed by atoms with Crippen molar-refractivity contribution in [2.45, 2.75) is 19.4 Å². The molecule has 3 N–H and O–H groups in total. The Hall–Kier alpha value is -1.95. The Morgan fingerprint density at radius 3 is 2.94 bits per heavy atom. The summed E-state index contributed by atoms with van der Waals surface area (Å²) in [5.74, 6) is 1.28. The smallest absolute Gasteiger partial charge is 0.319 e. The van der Waals surface area contributed by atoms with Crippen molar-refractivity contribution in [3.63, 3.8) is 0 Å². The molecule has 0 aliphatic carbocycles. The van der Waals surface area contributed by atoms with Gasteiger partial charge in [-0.1, -0.05) is 6.92 Å². The van der Waals surface area contributed by atoms with E-state index in [1.54, 1.807) is 18.2 Å². The highest BCUT2D eigenvalue weighted by Gasteiger charge is 2.14. The van der Waals surface area contributed by atoms with Crippen molar-refractivity contribution in [3.05, 3.63) is 18.2 Å². The maximum atomic E-state index is 11.6. The van der Waals surface area contributed by atoms with E-state index in [0.717, 1.165) is 0 Å².